The number of nitrogens with one attached hydrogen (secondary N) is 1. The Morgan fingerprint density at radius 1 is 1.00 bits per heavy atom. The van der Waals surface area contributed by atoms with Crippen LogP contribution >= 0.6 is 0 Å². The summed E-state index contributed by atoms with van der Waals surface area (Å²) in [7, 11) is -1.37. The third kappa shape index (κ3) is 2.92. The van der Waals surface area contributed by atoms with E-state index in [2.05, 4.69) is 4.72 Å². The number of nitrogens with zero attached hydrogens (tertiary/aromatic N) is 3. The van der Waals surface area contributed by atoms with E-state index in [0.29, 0.717) is 17.6 Å². The largest absolute Gasteiger partial charge is 0.307 e. The van der Waals surface area contributed by atoms with E-state index in [1.54, 1.807) is 18.2 Å². The van der Waals surface area contributed by atoms with Gasteiger partial charge >= 0.3 is 20.4 Å². The summed E-state index contributed by atoms with van der Waals surface area (Å²) >= 11 is 0. The van der Waals surface area contributed by atoms with Crippen LogP contribution in [0, 0.1) is 0 Å². The highest BCUT2D eigenvalue weighted by molar-refractivity contribution is 7.90. The zero-order valence-electron chi connectivity index (χ0n) is 14.6. The van der Waals surface area contributed by atoms with Crippen molar-refractivity contribution in [1.82, 2.24) is 12.6 Å². The van der Waals surface area contributed by atoms with Crippen molar-refractivity contribution >= 4 is 37.0 Å². The number of aromatic nitrogens is 1. The van der Waals surface area contributed by atoms with Crippen LogP contribution in [-0.2, 0) is 33.3 Å². The van der Waals surface area contributed by atoms with Crippen LogP contribution in [-0.4, -0.2) is 57.6 Å². The molecule has 8 nitrogen and oxygen atoms in total. The van der Waals surface area contributed by atoms with Crippen molar-refractivity contribution in [3.05, 3.63) is 29.5 Å². The van der Waals surface area contributed by atoms with E-state index in [1.807, 2.05) is 0 Å². The molecule has 3 rings (SSSR count). The lowest BCUT2D eigenvalue weighted by Crippen LogP contribution is -2.30. The lowest BCUT2D eigenvalue weighted by Gasteiger charge is -2.16. The quantitative estimate of drug-likeness (QED) is 0.830. The average Bonchev–Trinajstić information content (AvgIpc) is 3.06. The molecule has 1 N–H and O–H groups in total. The van der Waals surface area contributed by atoms with Gasteiger partial charge in [0.25, 0.3) is 0 Å². The van der Waals surface area contributed by atoms with Crippen molar-refractivity contribution in [3.63, 3.8) is 0 Å². The normalized spacial score (nSPS) is 15.3. The maximum absolute atomic E-state index is 12.7. The Morgan fingerprint density at radius 3 is 2.28 bits per heavy atom. The summed E-state index contributed by atoms with van der Waals surface area (Å²) in [5.74, 6) is 0. The Hall–Kier alpha value is -1.62. The van der Waals surface area contributed by atoms with Crippen molar-refractivity contribution in [2.24, 2.45) is 0 Å². The number of fused-ring (bicyclic) bond motifs is 3. The van der Waals surface area contributed by atoms with E-state index in [0.717, 1.165) is 33.8 Å². The molecule has 1 aliphatic rings. The van der Waals surface area contributed by atoms with Crippen molar-refractivity contribution in [3.8, 4) is 0 Å². The highest BCUT2D eigenvalue weighted by atomic mass is 32.2. The molecule has 1 aromatic carbocycles. The lowest BCUT2D eigenvalue weighted by molar-refractivity contribution is 0.511. The molecule has 0 amide bonds. The van der Waals surface area contributed by atoms with Gasteiger partial charge in [0.2, 0.25) is 0 Å². The molecule has 0 saturated carbocycles. The van der Waals surface area contributed by atoms with Gasteiger partial charge in [-0.3, -0.25) is 4.72 Å². The Morgan fingerprint density at radius 2 is 1.68 bits per heavy atom. The van der Waals surface area contributed by atoms with Crippen LogP contribution in [0.25, 0.3) is 10.9 Å². The first-order chi connectivity index (χ1) is 11.6. The van der Waals surface area contributed by atoms with Crippen LogP contribution in [0.4, 0.5) is 5.69 Å². The van der Waals surface area contributed by atoms with Crippen LogP contribution < -0.4 is 4.72 Å². The Kier molecular flexibility index (Phi) is 4.34. The van der Waals surface area contributed by atoms with E-state index < -0.39 is 20.4 Å². The predicted octanol–water partition coefficient (Wildman–Crippen LogP) is 1.00. The van der Waals surface area contributed by atoms with Crippen LogP contribution in [0.2, 0.25) is 0 Å². The standard InChI is InChI=1S/C15H22N4O4S2/c1-17(2)24(20,21)16-11-8-9-15-13(10-11)12-6-5-7-14(12)19(15)25(22,23)18(3)4/h8-10,16H,5-7H2,1-4H3. The third-order valence-electron chi connectivity index (χ3n) is 4.39. The Labute approximate surface area is 148 Å². The smallest absolute Gasteiger partial charge is 0.271 e. The van der Waals surface area contributed by atoms with Gasteiger partial charge in [0.05, 0.1) is 11.2 Å². The molecular weight excluding hydrogens is 364 g/mol. The molecule has 2 aromatic rings. The van der Waals surface area contributed by atoms with Crippen LogP contribution in [0.15, 0.2) is 18.2 Å². The highest BCUT2D eigenvalue weighted by Gasteiger charge is 2.29. The van der Waals surface area contributed by atoms with Crippen LogP contribution in [0.3, 0.4) is 0 Å². The van der Waals surface area contributed by atoms with E-state index in [9.17, 15) is 16.8 Å². The number of aryl methyl sites for hydroxylation is 1. The SMILES string of the molecule is CN(C)S(=O)(=O)Nc1ccc2c(c1)c1c(n2S(=O)(=O)N(C)C)CCC1. The second-order valence-electron chi connectivity index (χ2n) is 6.45. The Bertz CT molecular complexity index is 1040. The molecule has 0 atom stereocenters. The fraction of sp³-hybridized carbons (Fsp3) is 0.467. The van der Waals surface area contributed by atoms with Crippen molar-refractivity contribution in [1.29, 1.82) is 0 Å². The monoisotopic (exact) mass is 386 g/mol. The summed E-state index contributed by atoms with van der Waals surface area (Å²) in [6, 6.07) is 4.95. The summed E-state index contributed by atoms with van der Waals surface area (Å²) in [5.41, 5.74) is 2.75. The zero-order chi connectivity index (χ0) is 18.6. The molecule has 25 heavy (non-hydrogen) atoms. The molecule has 0 saturated heterocycles. The van der Waals surface area contributed by atoms with Gasteiger partial charge in [-0.15, -0.1) is 0 Å². The minimum Gasteiger partial charge on any atom is -0.271 e. The fourth-order valence-electron chi connectivity index (χ4n) is 3.07. The van der Waals surface area contributed by atoms with Gasteiger partial charge < -0.3 is 0 Å². The topological polar surface area (TPSA) is 91.7 Å². The molecule has 0 spiro atoms. The van der Waals surface area contributed by atoms with E-state index in [4.69, 9.17) is 0 Å². The molecule has 0 bridgehead atoms. The maximum atomic E-state index is 12.7. The van der Waals surface area contributed by atoms with Gasteiger partial charge in [0, 0.05) is 39.3 Å². The number of anilines is 1. The van der Waals surface area contributed by atoms with Gasteiger partial charge in [0.1, 0.15) is 0 Å². The van der Waals surface area contributed by atoms with Gasteiger partial charge in [0.15, 0.2) is 0 Å². The zero-order valence-corrected chi connectivity index (χ0v) is 16.3. The van der Waals surface area contributed by atoms with Gasteiger partial charge in [-0.25, -0.2) is 3.97 Å². The van der Waals surface area contributed by atoms with E-state index in [-0.39, 0.29) is 0 Å². The first kappa shape index (κ1) is 18.2. The fourth-order valence-corrected chi connectivity index (χ4v) is 4.89. The second-order valence-corrected chi connectivity index (χ2v) is 10.3. The molecule has 1 heterocycles. The van der Waals surface area contributed by atoms with Gasteiger partial charge in [-0.2, -0.15) is 25.4 Å². The number of rotatable bonds is 5. The predicted molar refractivity (Wildman–Crippen MR) is 98.2 cm³/mol. The second kappa shape index (κ2) is 5.97. The molecule has 138 valence electrons. The molecule has 0 unspecified atom stereocenters. The lowest BCUT2D eigenvalue weighted by atomic mass is 10.1. The highest BCUT2D eigenvalue weighted by Crippen LogP contribution is 2.36. The van der Waals surface area contributed by atoms with E-state index >= 15 is 0 Å². The van der Waals surface area contributed by atoms with Crippen LogP contribution in [0.1, 0.15) is 17.7 Å². The number of benzene rings is 1. The molecule has 0 radical (unpaired) electrons. The van der Waals surface area contributed by atoms with Crippen LogP contribution in [0.5, 0.6) is 0 Å². The average molecular weight is 386 g/mol. The molecule has 10 heteroatoms. The summed E-state index contributed by atoms with van der Waals surface area (Å²) in [5, 5.41) is 0.775. The summed E-state index contributed by atoms with van der Waals surface area (Å²) in [6.45, 7) is 0. The summed E-state index contributed by atoms with van der Waals surface area (Å²) < 4.78 is 55.7. The van der Waals surface area contributed by atoms with Gasteiger partial charge in [-0.1, -0.05) is 0 Å². The first-order valence-electron chi connectivity index (χ1n) is 7.85. The number of hydrogen-bond donors (Lipinski definition) is 1. The molecule has 0 aliphatic heterocycles. The van der Waals surface area contributed by atoms with Crippen molar-refractivity contribution < 1.29 is 16.8 Å². The third-order valence-corrected chi connectivity index (χ3v) is 7.65. The molecule has 1 aromatic heterocycles. The minimum atomic E-state index is -3.64. The molecule has 0 fully saturated rings. The summed E-state index contributed by atoms with van der Waals surface area (Å²) in [6.07, 6.45) is 2.36. The summed E-state index contributed by atoms with van der Waals surface area (Å²) in [4.78, 5) is 0. The van der Waals surface area contributed by atoms with Crippen molar-refractivity contribution in [2.45, 2.75) is 19.3 Å². The number of hydrogen-bond acceptors (Lipinski definition) is 4. The minimum absolute atomic E-state index is 0.412. The van der Waals surface area contributed by atoms with Crippen molar-refractivity contribution in [2.75, 3.05) is 32.9 Å². The maximum Gasteiger partial charge on any atom is 0.307 e. The Balaban J connectivity index is 2.20. The first-order valence-corrected chi connectivity index (χ1v) is 10.7. The van der Waals surface area contributed by atoms with E-state index in [1.165, 1.54) is 36.5 Å². The molecule has 1 aliphatic carbocycles. The van der Waals surface area contributed by atoms with Gasteiger partial charge in [-0.05, 0) is 43.0 Å². The molecular formula is C15H22N4O4S2.